The maximum absolute atomic E-state index is 13.8. The lowest BCUT2D eigenvalue weighted by Gasteiger charge is -2.24. The van der Waals surface area contributed by atoms with Crippen molar-refractivity contribution in [2.24, 2.45) is 0 Å². The van der Waals surface area contributed by atoms with E-state index in [1.807, 2.05) is 24.3 Å². The molecule has 1 aliphatic rings. The number of anilines is 1. The van der Waals surface area contributed by atoms with Crippen LogP contribution in [0.3, 0.4) is 0 Å². The molecule has 31 heavy (non-hydrogen) atoms. The minimum absolute atomic E-state index is 0.0480. The number of benzene rings is 2. The first-order valence-corrected chi connectivity index (χ1v) is 10.6. The van der Waals surface area contributed by atoms with Gasteiger partial charge in [0.1, 0.15) is 16.9 Å². The van der Waals surface area contributed by atoms with Crippen molar-refractivity contribution in [2.45, 2.75) is 32.2 Å². The third-order valence-corrected chi connectivity index (χ3v) is 6.17. The number of fused-ring (bicyclic) bond motifs is 2. The van der Waals surface area contributed by atoms with Crippen molar-refractivity contribution in [3.8, 4) is 0 Å². The SMILES string of the molecule is CC(C)(C)c1ccc(C2c3c(oc4ccc(F)cc4c3=O)C(=O)N2c2nncs2)cc1. The zero-order valence-electron chi connectivity index (χ0n) is 17.0. The van der Waals surface area contributed by atoms with Gasteiger partial charge in [0.2, 0.25) is 10.9 Å². The van der Waals surface area contributed by atoms with E-state index in [9.17, 15) is 14.0 Å². The van der Waals surface area contributed by atoms with Gasteiger partial charge in [-0.25, -0.2) is 4.39 Å². The van der Waals surface area contributed by atoms with Crippen LogP contribution in [-0.4, -0.2) is 16.1 Å². The van der Waals surface area contributed by atoms with Crippen molar-refractivity contribution in [1.29, 1.82) is 0 Å². The maximum atomic E-state index is 13.8. The van der Waals surface area contributed by atoms with Crippen LogP contribution < -0.4 is 10.3 Å². The van der Waals surface area contributed by atoms with E-state index < -0.39 is 23.2 Å². The molecule has 1 unspecified atom stereocenters. The predicted molar refractivity (Wildman–Crippen MR) is 116 cm³/mol. The number of rotatable bonds is 2. The molecule has 1 atom stereocenters. The summed E-state index contributed by atoms with van der Waals surface area (Å²) in [5.41, 5.74) is 3.25. The van der Waals surface area contributed by atoms with Crippen LogP contribution in [0.4, 0.5) is 9.52 Å². The van der Waals surface area contributed by atoms with E-state index in [4.69, 9.17) is 4.42 Å². The van der Waals surface area contributed by atoms with Crippen LogP contribution in [0.2, 0.25) is 0 Å². The fourth-order valence-corrected chi connectivity index (χ4v) is 4.48. The molecule has 3 heterocycles. The number of amides is 1. The van der Waals surface area contributed by atoms with E-state index >= 15 is 0 Å². The van der Waals surface area contributed by atoms with Gasteiger partial charge >= 0.3 is 0 Å². The Morgan fingerprint density at radius 2 is 1.84 bits per heavy atom. The summed E-state index contributed by atoms with van der Waals surface area (Å²) in [5, 5.41) is 8.35. The van der Waals surface area contributed by atoms with E-state index in [2.05, 4.69) is 31.0 Å². The van der Waals surface area contributed by atoms with E-state index in [-0.39, 0.29) is 27.7 Å². The zero-order valence-corrected chi connectivity index (χ0v) is 17.9. The molecular weight excluding hydrogens is 417 g/mol. The van der Waals surface area contributed by atoms with E-state index in [0.29, 0.717) is 5.13 Å². The van der Waals surface area contributed by atoms with Crippen molar-refractivity contribution < 1.29 is 13.6 Å². The molecule has 4 aromatic rings. The van der Waals surface area contributed by atoms with Crippen molar-refractivity contribution in [1.82, 2.24) is 10.2 Å². The second-order valence-corrected chi connectivity index (χ2v) is 9.30. The molecule has 0 radical (unpaired) electrons. The van der Waals surface area contributed by atoms with Gasteiger partial charge in [-0.2, -0.15) is 0 Å². The quantitative estimate of drug-likeness (QED) is 0.451. The van der Waals surface area contributed by atoms with Gasteiger partial charge in [0, 0.05) is 0 Å². The third-order valence-electron chi connectivity index (χ3n) is 5.48. The predicted octanol–water partition coefficient (Wildman–Crippen LogP) is 4.83. The molecular formula is C23H18FN3O3S. The summed E-state index contributed by atoms with van der Waals surface area (Å²) in [6, 6.07) is 10.7. The minimum Gasteiger partial charge on any atom is -0.450 e. The monoisotopic (exact) mass is 435 g/mol. The van der Waals surface area contributed by atoms with Crippen LogP contribution in [0, 0.1) is 5.82 Å². The van der Waals surface area contributed by atoms with Crippen molar-refractivity contribution in [2.75, 3.05) is 4.90 Å². The molecule has 0 spiro atoms. The first-order valence-electron chi connectivity index (χ1n) is 9.72. The Balaban J connectivity index is 1.77. The number of nitrogens with zero attached hydrogens (tertiary/aromatic N) is 3. The molecule has 2 aromatic heterocycles. The maximum Gasteiger partial charge on any atom is 0.297 e. The molecule has 1 amide bonds. The summed E-state index contributed by atoms with van der Waals surface area (Å²) in [6.07, 6.45) is 0. The van der Waals surface area contributed by atoms with E-state index in [0.717, 1.165) is 17.2 Å². The van der Waals surface area contributed by atoms with Crippen LogP contribution in [0.15, 0.2) is 57.2 Å². The molecule has 5 rings (SSSR count). The summed E-state index contributed by atoms with van der Waals surface area (Å²) >= 11 is 1.19. The Morgan fingerprint density at radius 1 is 1.10 bits per heavy atom. The van der Waals surface area contributed by atoms with E-state index in [1.165, 1.54) is 33.9 Å². The molecule has 1 aliphatic heterocycles. The first kappa shape index (κ1) is 19.6. The van der Waals surface area contributed by atoms with Gasteiger partial charge in [0.15, 0.2) is 5.43 Å². The summed E-state index contributed by atoms with van der Waals surface area (Å²) in [5.74, 6) is -1.07. The Hall–Kier alpha value is -3.39. The average Bonchev–Trinajstić information content (AvgIpc) is 3.35. The topological polar surface area (TPSA) is 76.3 Å². The number of carbonyl (C=O) groups excluding carboxylic acids is 1. The lowest BCUT2D eigenvalue weighted by molar-refractivity contribution is 0.0970. The van der Waals surface area contributed by atoms with Gasteiger partial charge < -0.3 is 4.42 Å². The first-order chi connectivity index (χ1) is 14.8. The molecule has 0 bridgehead atoms. The molecule has 0 fully saturated rings. The molecule has 0 N–H and O–H groups in total. The van der Waals surface area contributed by atoms with Crippen LogP contribution in [0.25, 0.3) is 11.0 Å². The summed E-state index contributed by atoms with van der Waals surface area (Å²) in [6.45, 7) is 6.33. The highest BCUT2D eigenvalue weighted by atomic mass is 32.1. The second kappa shape index (κ2) is 6.81. The smallest absolute Gasteiger partial charge is 0.297 e. The van der Waals surface area contributed by atoms with Crippen molar-refractivity contribution >= 4 is 33.3 Å². The fourth-order valence-electron chi connectivity index (χ4n) is 3.90. The van der Waals surface area contributed by atoms with Gasteiger partial charge in [0.25, 0.3) is 5.91 Å². The largest absolute Gasteiger partial charge is 0.450 e. The summed E-state index contributed by atoms with van der Waals surface area (Å²) in [4.78, 5) is 28.2. The summed E-state index contributed by atoms with van der Waals surface area (Å²) < 4.78 is 19.7. The Kier molecular flexibility index (Phi) is 4.30. The Labute approximate surface area is 181 Å². The average molecular weight is 435 g/mol. The molecule has 0 saturated heterocycles. The van der Waals surface area contributed by atoms with Crippen molar-refractivity contribution in [3.05, 3.63) is 86.5 Å². The van der Waals surface area contributed by atoms with Crippen LogP contribution in [0.5, 0.6) is 0 Å². The molecule has 156 valence electrons. The normalized spacial score (nSPS) is 16.2. The number of carbonyl (C=O) groups is 1. The fraction of sp³-hybridized carbons (Fsp3) is 0.217. The molecule has 0 aliphatic carbocycles. The third kappa shape index (κ3) is 3.06. The lowest BCUT2D eigenvalue weighted by Crippen LogP contribution is -2.29. The van der Waals surface area contributed by atoms with E-state index in [1.54, 1.807) is 0 Å². The molecule has 6 nitrogen and oxygen atoms in total. The highest BCUT2D eigenvalue weighted by Gasteiger charge is 2.45. The Morgan fingerprint density at radius 3 is 2.48 bits per heavy atom. The number of aromatic nitrogens is 2. The van der Waals surface area contributed by atoms with Crippen LogP contribution in [0.1, 0.15) is 54.1 Å². The highest BCUT2D eigenvalue weighted by Crippen LogP contribution is 2.42. The number of hydrogen-bond donors (Lipinski definition) is 0. The van der Waals surface area contributed by atoms with Crippen LogP contribution in [-0.2, 0) is 5.41 Å². The molecule has 2 aromatic carbocycles. The minimum atomic E-state index is -0.742. The molecule has 8 heteroatoms. The number of hydrogen-bond acceptors (Lipinski definition) is 6. The highest BCUT2D eigenvalue weighted by molar-refractivity contribution is 7.13. The standard InChI is InChI=1S/C23H18FN3O3S/c1-23(2,3)13-6-4-12(5-7-13)18-17-19(28)15-10-14(24)8-9-16(15)30-20(17)21(29)27(18)22-26-25-11-31-22/h4-11,18H,1-3H3. The van der Waals surface area contributed by atoms with Crippen LogP contribution >= 0.6 is 11.3 Å². The van der Waals surface area contributed by atoms with Gasteiger partial charge in [-0.3, -0.25) is 14.5 Å². The molecule has 0 saturated carbocycles. The van der Waals surface area contributed by atoms with Crippen molar-refractivity contribution in [3.63, 3.8) is 0 Å². The van der Waals surface area contributed by atoms with Gasteiger partial charge in [-0.05, 0) is 34.7 Å². The van der Waals surface area contributed by atoms with Gasteiger partial charge in [-0.1, -0.05) is 56.4 Å². The second-order valence-electron chi connectivity index (χ2n) is 8.49. The van der Waals surface area contributed by atoms with Gasteiger partial charge in [-0.15, -0.1) is 10.2 Å². The zero-order chi connectivity index (χ0) is 21.9. The summed E-state index contributed by atoms with van der Waals surface area (Å²) in [7, 11) is 0. The lowest BCUT2D eigenvalue weighted by atomic mass is 9.86. The van der Waals surface area contributed by atoms with Gasteiger partial charge in [0.05, 0.1) is 17.0 Å². The number of halogens is 1. The Bertz CT molecular complexity index is 1370.